The molecule has 0 spiro atoms. The Bertz CT molecular complexity index is 386. The van der Waals surface area contributed by atoms with Gasteiger partial charge in [0.2, 0.25) is 11.8 Å². The minimum Gasteiger partial charge on any atom is -0.468 e. The van der Waals surface area contributed by atoms with Crippen molar-refractivity contribution in [1.82, 2.24) is 9.80 Å². The Balaban J connectivity index is 2.55. The van der Waals surface area contributed by atoms with Crippen molar-refractivity contribution >= 4 is 17.8 Å². The van der Waals surface area contributed by atoms with Crippen LogP contribution in [-0.4, -0.2) is 67.4 Å². The summed E-state index contributed by atoms with van der Waals surface area (Å²) in [4.78, 5) is 38.3. The highest BCUT2D eigenvalue weighted by Crippen LogP contribution is 2.16. The molecule has 1 unspecified atom stereocenters. The average Bonchev–Trinajstić information content (AvgIpc) is 2.47. The first-order valence-corrected chi connectivity index (χ1v) is 7.34. The van der Waals surface area contributed by atoms with Gasteiger partial charge >= 0.3 is 5.97 Å². The maximum atomic E-state index is 12.3. The number of carbonyl (C=O) groups is 3. The van der Waals surface area contributed by atoms with Gasteiger partial charge < -0.3 is 15.4 Å². The second kappa shape index (κ2) is 8.61. The molecule has 0 aromatic rings. The second-order valence-corrected chi connectivity index (χ2v) is 5.37. The predicted molar refractivity (Wildman–Crippen MR) is 77.2 cm³/mol. The van der Waals surface area contributed by atoms with E-state index in [0.29, 0.717) is 19.6 Å². The third-order valence-electron chi connectivity index (χ3n) is 3.66. The molecule has 1 atom stereocenters. The molecular formula is C14H25N3O4. The maximum absolute atomic E-state index is 12.3. The van der Waals surface area contributed by atoms with Crippen LogP contribution < -0.4 is 5.73 Å². The molecule has 1 rings (SSSR count). The fourth-order valence-electron chi connectivity index (χ4n) is 2.50. The number of nitrogens with zero attached hydrogens (tertiary/aromatic N) is 2. The van der Waals surface area contributed by atoms with E-state index in [1.54, 1.807) is 9.80 Å². The number of amides is 2. The van der Waals surface area contributed by atoms with Gasteiger partial charge in [-0.05, 0) is 25.8 Å². The zero-order valence-electron chi connectivity index (χ0n) is 12.8. The molecule has 1 saturated heterocycles. The van der Waals surface area contributed by atoms with Crippen LogP contribution >= 0.6 is 0 Å². The molecule has 0 aromatic heterocycles. The second-order valence-electron chi connectivity index (χ2n) is 5.37. The van der Waals surface area contributed by atoms with Gasteiger partial charge in [0.1, 0.15) is 0 Å². The third-order valence-corrected chi connectivity index (χ3v) is 3.66. The van der Waals surface area contributed by atoms with Crippen LogP contribution in [0.2, 0.25) is 0 Å². The number of hydrogen-bond donors (Lipinski definition) is 1. The molecule has 1 aliphatic rings. The summed E-state index contributed by atoms with van der Waals surface area (Å²) in [5.74, 6) is -1.04. The third kappa shape index (κ3) is 5.71. The van der Waals surface area contributed by atoms with Crippen molar-refractivity contribution < 1.29 is 19.1 Å². The van der Waals surface area contributed by atoms with Crippen LogP contribution in [0.25, 0.3) is 0 Å². The summed E-state index contributed by atoms with van der Waals surface area (Å²) in [5, 5.41) is 0. The van der Waals surface area contributed by atoms with Crippen molar-refractivity contribution in [3.63, 3.8) is 0 Å². The Morgan fingerprint density at radius 2 is 2.05 bits per heavy atom. The molecular weight excluding hydrogens is 274 g/mol. The van der Waals surface area contributed by atoms with E-state index in [1.165, 1.54) is 7.11 Å². The Labute approximate surface area is 125 Å². The van der Waals surface area contributed by atoms with Gasteiger partial charge in [-0.1, -0.05) is 6.92 Å². The van der Waals surface area contributed by atoms with E-state index >= 15 is 0 Å². The van der Waals surface area contributed by atoms with Gasteiger partial charge in [-0.15, -0.1) is 0 Å². The molecule has 2 N–H and O–H groups in total. The molecule has 2 amide bonds. The summed E-state index contributed by atoms with van der Waals surface area (Å²) < 4.78 is 4.64. The van der Waals surface area contributed by atoms with Gasteiger partial charge in [0, 0.05) is 13.1 Å². The number of piperidine rings is 1. The zero-order valence-corrected chi connectivity index (χ0v) is 12.8. The van der Waals surface area contributed by atoms with Gasteiger partial charge in [0.25, 0.3) is 0 Å². The normalized spacial score (nSPS) is 18.6. The lowest BCUT2D eigenvalue weighted by atomic mass is 9.97. The van der Waals surface area contributed by atoms with Crippen LogP contribution in [-0.2, 0) is 19.1 Å². The van der Waals surface area contributed by atoms with E-state index in [1.807, 2.05) is 6.92 Å². The Hall–Kier alpha value is -1.63. The Morgan fingerprint density at radius 1 is 1.33 bits per heavy atom. The minimum atomic E-state index is -0.357. The van der Waals surface area contributed by atoms with Gasteiger partial charge in [0.05, 0.1) is 26.1 Å². The standard InChI is InChI=1S/C14H25N3O4/c1-3-6-16(10-13(19)21-2)9-12(18)17-7-4-5-11(8-17)14(15)20/h11H,3-10H2,1-2H3,(H2,15,20). The Kier molecular flexibility index (Phi) is 7.14. The Morgan fingerprint density at radius 3 is 2.62 bits per heavy atom. The fourth-order valence-corrected chi connectivity index (χ4v) is 2.50. The molecule has 7 heteroatoms. The zero-order chi connectivity index (χ0) is 15.8. The van der Waals surface area contributed by atoms with E-state index < -0.39 is 0 Å². The highest BCUT2D eigenvalue weighted by Gasteiger charge is 2.27. The first-order valence-electron chi connectivity index (χ1n) is 7.34. The molecule has 0 aliphatic carbocycles. The van der Waals surface area contributed by atoms with Crippen molar-refractivity contribution in [1.29, 1.82) is 0 Å². The first kappa shape index (κ1) is 17.4. The summed E-state index contributed by atoms with van der Waals surface area (Å²) >= 11 is 0. The molecule has 7 nitrogen and oxygen atoms in total. The van der Waals surface area contributed by atoms with Gasteiger partial charge in [-0.25, -0.2) is 0 Å². The number of hydrogen-bond acceptors (Lipinski definition) is 5. The van der Waals surface area contributed by atoms with Gasteiger partial charge in [-0.3, -0.25) is 19.3 Å². The molecule has 1 aliphatic heterocycles. The summed E-state index contributed by atoms with van der Waals surface area (Å²) in [7, 11) is 1.33. The number of primary amides is 1. The number of ether oxygens (including phenoxy) is 1. The molecule has 1 heterocycles. The monoisotopic (exact) mass is 299 g/mol. The van der Waals surface area contributed by atoms with Crippen LogP contribution in [0.1, 0.15) is 26.2 Å². The highest BCUT2D eigenvalue weighted by molar-refractivity contribution is 5.81. The van der Waals surface area contributed by atoms with E-state index in [9.17, 15) is 14.4 Å². The molecule has 0 radical (unpaired) electrons. The van der Waals surface area contributed by atoms with E-state index in [-0.39, 0.29) is 36.8 Å². The lowest BCUT2D eigenvalue weighted by Crippen LogP contribution is -2.48. The van der Waals surface area contributed by atoms with Gasteiger partial charge in [-0.2, -0.15) is 0 Å². The number of methoxy groups -OCH3 is 1. The number of carbonyl (C=O) groups excluding carboxylic acids is 3. The quantitative estimate of drug-likeness (QED) is 0.645. The van der Waals surface area contributed by atoms with Crippen LogP contribution in [0, 0.1) is 5.92 Å². The number of rotatable bonds is 7. The largest absolute Gasteiger partial charge is 0.468 e. The maximum Gasteiger partial charge on any atom is 0.319 e. The molecule has 1 fully saturated rings. The van der Waals surface area contributed by atoms with Crippen molar-refractivity contribution in [3.8, 4) is 0 Å². The first-order chi connectivity index (χ1) is 9.97. The van der Waals surface area contributed by atoms with Crippen molar-refractivity contribution in [2.24, 2.45) is 11.7 Å². The van der Waals surface area contributed by atoms with Crippen molar-refractivity contribution in [3.05, 3.63) is 0 Å². The summed E-state index contributed by atoms with van der Waals surface area (Å²) in [6.45, 7) is 3.91. The van der Waals surface area contributed by atoms with Crippen LogP contribution in [0.3, 0.4) is 0 Å². The molecule has 21 heavy (non-hydrogen) atoms. The average molecular weight is 299 g/mol. The molecule has 0 aromatic carbocycles. The molecule has 0 saturated carbocycles. The highest BCUT2D eigenvalue weighted by atomic mass is 16.5. The summed E-state index contributed by atoms with van der Waals surface area (Å²) in [6, 6.07) is 0. The SMILES string of the molecule is CCCN(CC(=O)OC)CC(=O)N1CCCC(C(N)=O)C1. The van der Waals surface area contributed by atoms with Crippen LogP contribution in [0.5, 0.6) is 0 Å². The smallest absolute Gasteiger partial charge is 0.319 e. The lowest BCUT2D eigenvalue weighted by Gasteiger charge is -2.32. The summed E-state index contributed by atoms with van der Waals surface area (Å²) in [6.07, 6.45) is 2.36. The van der Waals surface area contributed by atoms with E-state index in [2.05, 4.69) is 4.74 Å². The number of likely N-dealkylation sites (tertiary alicyclic amines) is 1. The predicted octanol–water partition coefficient (Wildman–Crippen LogP) is -0.405. The topological polar surface area (TPSA) is 92.9 Å². The van der Waals surface area contributed by atoms with E-state index in [0.717, 1.165) is 19.3 Å². The molecule has 120 valence electrons. The van der Waals surface area contributed by atoms with Crippen LogP contribution in [0.4, 0.5) is 0 Å². The lowest BCUT2D eigenvalue weighted by molar-refractivity contribution is -0.143. The summed E-state index contributed by atoms with van der Waals surface area (Å²) in [5.41, 5.74) is 5.31. The van der Waals surface area contributed by atoms with Gasteiger partial charge in [0.15, 0.2) is 0 Å². The minimum absolute atomic E-state index is 0.0710. The van der Waals surface area contributed by atoms with E-state index in [4.69, 9.17) is 5.73 Å². The number of esters is 1. The fraction of sp³-hybridized carbons (Fsp3) is 0.786. The number of nitrogens with two attached hydrogens (primary N) is 1. The van der Waals surface area contributed by atoms with Crippen LogP contribution in [0.15, 0.2) is 0 Å². The van der Waals surface area contributed by atoms with Crippen molar-refractivity contribution in [2.45, 2.75) is 26.2 Å². The van der Waals surface area contributed by atoms with Crippen molar-refractivity contribution in [2.75, 3.05) is 39.8 Å². The molecule has 0 bridgehead atoms.